The monoisotopic (exact) mass is 391 g/mol. The number of aryl methyl sites for hydroxylation is 1. The van der Waals surface area contributed by atoms with Crippen LogP contribution in [0.1, 0.15) is 28.8 Å². The van der Waals surface area contributed by atoms with E-state index < -0.39 is 0 Å². The van der Waals surface area contributed by atoms with E-state index in [0.29, 0.717) is 36.2 Å². The van der Waals surface area contributed by atoms with Crippen LogP contribution >= 0.6 is 12.4 Å². The van der Waals surface area contributed by atoms with Crippen LogP contribution in [0.4, 0.5) is 4.39 Å². The number of nitrogens with zero attached hydrogens (tertiary/aromatic N) is 2. The van der Waals surface area contributed by atoms with Gasteiger partial charge in [0, 0.05) is 31.0 Å². The van der Waals surface area contributed by atoms with Crippen LogP contribution < -0.4 is 11.3 Å². The van der Waals surface area contributed by atoms with Crippen LogP contribution in [-0.2, 0) is 0 Å². The standard InChI is InChI=1S/C20H22FN3O2.ClH/c1-12-8-9-24(16-6-4-15(21)5-7-16)20(26)17(12)19(25)23-10-13-2-3-14(11-23)18(13)22;/h4-9,13-14,18H,2-3,10-11,22H2,1H3;1H/t13-,14+,18?;. The van der Waals surface area contributed by atoms with E-state index in [2.05, 4.69) is 0 Å². The highest BCUT2D eigenvalue weighted by Crippen LogP contribution is 2.36. The number of nitrogens with two attached hydrogens (primary N) is 1. The minimum Gasteiger partial charge on any atom is -0.338 e. The second kappa shape index (κ2) is 7.44. The number of halogens is 2. The highest BCUT2D eigenvalue weighted by molar-refractivity contribution is 5.95. The molecule has 2 bridgehead atoms. The first-order chi connectivity index (χ1) is 12.5. The fourth-order valence-electron chi connectivity index (χ4n) is 4.28. The molecule has 4 rings (SSSR count). The molecule has 1 aromatic carbocycles. The Bertz CT molecular complexity index is 898. The van der Waals surface area contributed by atoms with E-state index in [4.69, 9.17) is 5.73 Å². The lowest BCUT2D eigenvalue weighted by atomic mass is 9.92. The van der Waals surface area contributed by atoms with Gasteiger partial charge in [-0.2, -0.15) is 0 Å². The Morgan fingerprint density at radius 3 is 2.30 bits per heavy atom. The molecule has 0 radical (unpaired) electrons. The first kappa shape index (κ1) is 19.6. The van der Waals surface area contributed by atoms with Crippen LogP contribution in [-0.4, -0.2) is 34.5 Å². The first-order valence-corrected chi connectivity index (χ1v) is 8.99. The van der Waals surface area contributed by atoms with Gasteiger partial charge in [0.15, 0.2) is 0 Å². The molecule has 0 spiro atoms. The number of amides is 1. The number of carbonyl (C=O) groups excluding carboxylic acids is 1. The second-order valence-electron chi connectivity index (χ2n) is 7.41. The molecule has 2 heterocycles. The Morgan fingerprint density at radius 2 is 1.70 bits per heavy atom. The zero-order valence-electron chi connectivity index (χ0n) is 15.1. The van der Waals surface area contributed by atoms with Crippen molar-refractivity contribution in [2.45, 2.75) is 25.8 Å². The van der Waals surface area contributed by atoms with Gasteiger partial charge in [-0.3, -0.25) is 14.2 Å². The van der Waals surface area contributed by atoms with E-state index >= 15 is 0 Å². The molecule has 1 unspecified atom stereocenters. The summed E-state index contributed by atoms with van der Waals surface area (Å²) in [6, 6.07) is 7.56. The van der Waals surface area contributed by atoms with Crippen molar-refractivity contribution < 1.29 is 9.18 Å². The number of rotatable bonds is 2. The Labute approximate surface area is 163 Å². The van der Waals surface area contributed by atoms with Gasteiger partial charge in [0.05, 0.1) is 0 Å². The maximum absolute atomic E-state index is 13.2. The van der Waals surface area contributed by atoms with Gasteiger partial charge in [0.2, 0.25) is 0 Å². The molecule has 2 fully saturated rings. The summed E-state index contributed by atoms with van der Waals surface area (Å²) in [5.74, 6) is 0.0418. The Kier molecular flexibility index (Phi) is 5.40. The summed E-state index contributed by atoms with van der Waals surface area (Å²) in [6.45, 7) is 3.00. The molecule has 3 atom stereocenters. The predicted octanol–water partition coefficient (Wildman–Crippen LogP) is 2.52. The molecule has 144 valence electrons. The summed E-state index contributed by atoms with van der Waals surface area (Å²) in [6.07, 6.45) is 3.71. The van der Waals surface area contributed by atoms with Gasteiger partial charge in [-0.1, -0.05) is 0 Å². The number of likely N-dealkylation sites (tertiary alicyclic amines) is 1. The summed E-state index contributed by atoms with van der Waals surface area (Å²) < 4.78 is 14.6. The van der Waals surface area contributed by atoms with E-state index in [-0.39, 0.29) is 41.3 Å². The number of hydrogen-bond acceptors (Lipinski definition) is 3. The largest absolute Gasteiger partial charge is 0.338 e. The zero-order chi connectivity index (χ0) is 18.4. The van der Waals surface area contributed by atoms with Crippen molar-refractivity contribution in [3.63, 3.8) is 0 Å². The van der Waals surface area contributed by atoms with Gasteiger partial charge in [-0.05, 0) is 67.5 Å². The van der Waals surface area contributed by atoms with Crippen molar-refractivity contribution >= 4 is 18.3 Å². The Morgan fingerprint density at radius 1 is 1.11 bits per heavy atom. The van der Waals surface area contributed by atoms with Crippen molar-refractivity contribution in [1.82, 2.24) is 9.47 Å². The molecule has 1 aliphatic heterocycles. The van der Waals surface area contributed by atoms with Crippen molar-refractivity contribution in [2.24, 2.45) is 17.6 Å². The van der Waals surface area contributed by atoms with Crippen molar-refractivity contribution in [1.29, 1.82) is 0 Å². The highest BCUT2D eigenvalue weighted by Gasteiger charge is 2.41. The third kappa shape index (κ3) is 3.39. The van der Waals surface area contributed by atoms with E-state index in [1.807, 2.05) is 0 Å². The van der Waals surface area contributed by atoms with E-state index in [1.165, 1.54) is 28.8 Å². The SMILES string of the molecule is Cc1ccn(-c2ccc(F)cc2)c(=O)c1C(=O)N1C[C@H]2CC[C@@H](C1)C2N.Cl. The molecule has 2 N–H and O–H groups in total. The normalized spacial score (nSPS) is 23.8. The van der Waals surface area contributed by atoms with Gasteiger partial charge in [-0.25, -0.2) is 4.39 Å². The summed E-state index contributed by atoms with van der Waals surface area (Å²) in [5, 5.41) is 0. The fourth-order valence-corrected chi connectivity index (χ4v) is 4.28. The number of pyridine rings is 1. The lowest BCUT2D eigenvalue weighted by Gasteiger charge is -2.36. The molecule has 27 heavy (non-hydrogen) atoms. The molecule has 2 aromatic rings. The van der Waals surface area contributed by atoms with Gasteiger partial charge >= 0.3 is 0 Å². The summed E-state index contributed by atoms with van der Waals surface area (Å²) in [4.78, 5) is 27.9. The highest BCUT2D eigenvalue weighted by atomic mass is 35.5. The molecule has 1 amide bonds. The molecule has 1 saturated heterocycles. The number of aromatic nitrogens is 1. The molecule has 1 saturated carbocycles. The Hall–Kier alpha value is -2.18. The third-order valence-corrected chi connectivity index (χ3v) is 5.81. The minimum absolute atomic E-state index is 0. The van der Waals surface area contributed by atoms with Gasteiger partial charge in [-0.15, -0.1) is 12.4 Å². The molecule has 1 aliphatic carbocycles. The number of benzene rings is 1. The fraction of sp³-hybridized carbons (Fsp3) is 0.400. The smallest absolute Gasteiger partial charge is 0.268 e. The van der Waals surface area contributed by atoms with Crippen molar-refractivity contribution in [3.8, 4) is 5.69 Å². The molecule has 1 aromatic heterocycles. The number of fused-ring (bicyclic) bond motifs is 2. The maximum Gasteiger partial charge on any atom is 0.268 e. The quantitative estimate of drug-likeness (QED) is 0.855. The lowest BCUT2D eigenvalue weighted by molar-refractivity contribution is 0.0634. The first-order valence-electron chi connectivity index (χ1n) is 8.99. The minimum atomic E-state index is -0.371. The molecular formula is C20H23ClFN3O2. The van der Waals surface area contributed by atoms with Gasteiger partial charge < -0.3 is 10.6 Å². The van der Waals surface area contributed by atoms with Crippen molar-refractivity contribution in [3.05, 3.63) is 63.8 Å². The summed E-state index contributed by atoms with van der Waals surface area (Å²) in [5.41, 5.74) is 7.23. The van der Waals surface area contributed by atoms with Crippen LogP contribution in [0.5, 0.6) is 0 Å². The van der Waals surface area contributed by atoms with Gasteiger partial charge in [0.1, 0.15) is 11.4 Å². The van der Waals surface area contributed by atoms with E-state index in [0.717, 1.165) is 12.8 Å². The van der Waals surface area contributed by atoms with Crippen LogP contribution in [0.2, 0.25) is 0 Å². The van der Waals surface area contributed by atoms with Crippen LogP contribution in [0.3, 0.4) is 0 Å². The van der Waals surface area contributed by atoms with Crippen LogP contribution in [0.15, 0.2) is 41.3 Å². The number of carbonyl (C=O) groups is 1. The summed E-state index contributed by atoms with van der Waals surface area (Å²) >= 11 is 0. The lowest BCUT2D eigenvalue weighted by Crippen LogP contribution is -2.51. The molecular weight excluding hydrogens is 369 g/mol. The van der Waals surface area contributed by atoms with E-state index in [1.54, 1.807) is 24.1 Å². The number of hydrogen-bond donors (Lipinski definition) is 1. The summed E-state index contributed by atoms with van der Waals surface area (Å²) in [7, 11) is 0. The van der Waals surface area contributed by atoms with Gasteiger partial charge in [0.25, 0.3) is 11.5 Å². The average Bonchev–Trinajstić information content (AvgIpc) is 2.83. The number of piperidine rings is 1. The van der Waals surface area contributed by atoms with E-state index in [9.17, 15) is 14.0 Å². The maximum atomic E-state index is 13.2. The third-order valence-electron chi connectivity index (χ3n) is 5.81. The molecule has 5 nitrogen and oxygen atoms in total. The molecule has 2 aliphatic rings. The van der Waals surface area contributed by atoms with Crippen LogP contribution in [0.25, 0.3) is 5.69 Å². The molecule has 7 heteroatoms. The van der Waals surface area contributed by atoms with Crippen molar-refractivity contribution in [2.75, 3.05) is 13.1 Å². The topological polar surface area (TPSA) is 68.3 Å². The average molecular weight is 392 g/mol. The van der Waals surface area contributed by atoms with Crippen LogP contribution in [0, 0.1) is 24.6 Å². The zero-order valence-corrected chi connectivity index (χ0v) is 15.9. The Balaban J connectivity index is 0.00000210. The predicted molar refractivity (Wildman–Crippen MR) is 104 cm³/mol. The second-order valence-corrected chi connectivity index (χ2v) is 7.41.